The van der Waals surface area contributed by atoms with Crippen molar-refractivity contribution in [3.8, 4) is 0 Å². The largest absolute Gasteiger partial charge is 0.343 e. The Morgan fingerprint density at radius 1 is 1.50 bits per heavy atom. The van der Waals surface area contributed by atoms with Gasteiger partial charge in [-0.3, -0.25) is 0 Å². The number of aromatic amines is 1. The van der Waals surface area contributed by atoms with Gasteiger partial charge in [0.05, 0.1) is 11.8 Å². The molecular weight excluding hydrogens is 126 g/mol. The molecule has 3 nitrogen and oxygen atoms in total. The second-order valence-electron chi connectivity index (χ2n) is 2.29. The molecule has 0 amide bonds. The molecule has 0 bridgehead atoms. The van der Waals surface area contributed by atoms with Gasteiger partial charge in [-0.2, -0.15) is 0 Å². The second-order valence-corrected chi connectivity index (χ2v) is 2.29. The van der Waals surface area contributed by atoms with Crippen molar-refractivity contribution in [3.05, 3.63) is 24.2 Å². The Morgan fingerprint density at radius 2 is 2.40 bits per heavy atom. The summed E-state index contributed by atoms with van der Waals surface area (Å²) in [6.07, 6.45) is 3.46. The van der Waals surface area contributed by atoms with Crippen molar-refractivity contribution in [3.63, 3.8) is 0 Å². The van der Waals surface area contributed by atoms with E-state index in [0.717, 1.165) is 16.7 Å². The molecule has 52 valence electrons. The minimum atomic E-state index is 0. The van der Waals surface area contributed by atoms with Crippen LogP contribution < -0.4 is 0 Å². The summed E-state index contributed by atoms with van der Waals surface area (Å²) in [6.45, 7) is 2.01. The van der Waals surface area contributed by atoms with Gasteiger partial charge in [0, 0.05) is 7.62 Å². The van der Waals surface area contributed by atoms with E-state index < -0.39 is 0 Å². The van der Waals surface area contributed by atoms with E-state index in [1.807, 2.05) is 19.2 Å². The first-order chi connectivity index (χ1) is 4.86. The molecule has 0 saturated carbocycles. The summed E-state index contributed by atoms with van der Waals surface area (Å²) in [4.78, 5) is 11.1. The smallest absolute Gasteiger partial charge is 0.177 e. The fourth-order valence-electron chi connectivity index (χ4n) is 0.934. The predicted molar refractivity (Wildman–Crippen MR) is 40.7 cm³/mol. The maximum atomic E-state index is 4.10. The predicted octanol–water partition coefficient (Wildman–Crippen LogP) is 1.51. The molecule has 0 spiro atoms. The maximum Gasteiger partial charge on any atom is 0.177 e. The summed E-state index contributed by atoms with van der Waals surface area (Å²) in [5.74, 6) is 0. The number of H-pyrrole nitrogens is 1. The Morgan fingerprint density at radius 3 is 3.30 bits per heavy atom. The molecule has 1 N–H and O–H groups in total. The second kappa shape index (κ2) is 1.80. The number of hydrogen-bond donors (Lipinski definition) is 1. The topological polar surface area (TPSA) is 41.6 Å². The normalized spacial score (nSPS) is 10.5. The van der Waals surface area contributed by atoms with Gasteiger partial charge in [0.15, 0.2) is 5.65 Å². The molecule has 0 saturated heterocycles. The number of aryl methyl sites for hydroxylation is 1. The fraction of sp³-hybridized carbons (Fsp3) is 0.143. The first-order valence-electron chi connectivity index (χ1n) is 3.12. The molecule has 2 rings (SSSR count). The molecular formula is C7H9N3. The minimum absolute atomic E-state index is 0. The van der Waals surface area contributed by atoms with Crippen molar-refractivity contribution in [1.82, 2.24) is 15.0 Å². The Balaban J connectivity index is 0.000000605. The van der Waals surface area contributed by atoms with Crippen LogP contribution in [0.5, 0.6) is 0 Å². The van der Waals surface area contributed by atoms with Crippen molar-refractivity contribution in [2.24, 2.45) is 0 Å². The van der Waals surface area contributed by atoms with Crippen LogP contribution in [0.2, 0.25) is 0 Å². The summed E-state index contributed by atoms with van der Waals surface area (Å²) >= 11 is 0. The van der Waals surface area contributed by atoms with Crippen LogP contribution in [0.4, 0.5) is 0 Å². The highest BCUT2D eigenvalue weighted by molar-refractivity contribution is 5.69. The molecule has 2 aromatic rings. The lowest BCUT2D eigenvalue weighted by molar-refractivity contribution is 1.28. The zero-order valence-corrected chi connectivity index (χ0v) is 5.63. The lowest BCUT2D eigenvalue weighted by Crippen LogP contribution is -1.77. The van der Waals surface area contributed by atoms with Crippen LogP contribution in [0.3, 0.4) is 0 Å². The molecule has 0 aliphatic heterocycles. The van der Waals surface area contributed by atoms with E-state index in [1.54, 1.807) is 6.33 Å². The number of hydrogen-bond acceptors (Lipinski definition) is 2. The van der Waals surface area contributed by atoms with Gasteiger partial charge >= 0.3 is 0 Å². The number of imidazole rings is 1. The summed E-state index contributed by atoms with van der Waals surface area (Å²) in [5, 5.41) is 0. The summed E-state index contributed by atoms with van der Waals surface area (Å²) in [5.41, 5.74) is 2.93. The van der Waals surface area contributed by atoms with Gasteiger partial charge < -0.3 is 4.98 Å². The van der Waals surface area contributed by atoms with Crippen LogP contribution in [0.15, 0.2) is 18.6 Å². The molecule has 3 heteroatoms. The van der Waals surface area contributed by atoms with E-state index in [4.69, 9.17) is 0 Å². The molecule has 0 aliphatic carbocycles. The van der Waals surface area contributed by atoms with Gasteiger partial charge in [-0.05, 0) is 18.6 Å². The van der Waals surface area contributed by atoms with E-state index >= 15 is 0 Å². The van der Waals surface area contributed by atoms with Gasteiger partial charge in [0.1, 0.15) is 0 Å². The average Bonchev–Trinajstić information content (AvgIpc) is 2.33. The molecule has 0 radical (unpaired) electrons. The third kappa shape index (κ3) is 0.673. The standard InChI is InChI=1S/C7H7N3.H2/c1-5-2-6-7(8-3-5)10-4-9-6;/h2-4H,1H3,(H,8,9,10);1H. The highest BCUT2D eigenvalue weighted by atomic mass is 14.9. The highest BCUT2D eigenvalue weighted by Crippen LogP contribution is 2.06. The molecule has 0 aliphatic rings. The lowest BCUT2D eigenvalue weighted by Gasteiger charge is -1.88. The van der Waals surface area contributed by atoms with Crippen LogP contribution in [0, 0.1) is 6.92 Å². The number of nitrogens with zero attached hydrogens (tertiary/aromatic N) is 2. The van der Waals surface area contributed by atoms with Crippen molar-refractivity contribution in [2.45, 2.75) is 6.92 Å². The van der Waals surface area contributed by atoms with E-state index in [2.05, 4.69) is 15.0 Å². The third-order valence-electron chi connectivity index (χ3n) is 1.41. The maximum absolute atomic E-state index is 4.10. The van der Waals surface area contributed by atoms with Crippen molar-refractivity contribution in [1.29, 1.82) is 0 Å². The number of aromatic nitrogens is 3. The van der Waals surface area contributed by atoms with E-state index in [1.165, 1.54) is 0 Å². The van der Waals surface area contributed by atoms with Crippen LogP contribution in [-0.4, -0.2) is 15.0 Å². The van der Waals surface area contributed by atoms with Gasteiger partial charge in [-0.25, -0.2) is 9.97 Å². The first kappa shape index (κ1) is 5.41. The zero-order valence-electron chi connectivity index (χ0n) is 5.63. The molecule has 10 heavy (non-hydrogen) atoms. The lowest BCUT2D eigenvalue weighted by atomic mass is 10.3. The summed E-state index contributed by atoms with van der Waals surface area (Å²) in [6, 6.07) is 2.02. The number of nitrogens with one attached hydrogen (secondary N) is 1. The summed E-state index contributed by atoms with van der Waals surface area (Å²) < 4.78 is 0. The third-order valence-corrected chi connectivity index (χ3v) is 1.41. The van der Waals surface area contributed by atoms with E-state index in [9.17, 15) is 0 Å². The Kier molecular flexibility index (Phi) is 0.974. The molecule has 0 unspecified atom stereocenters. The number of pyridine rings is 1. The molecule has 2 aromatic heterocycles. The Labute approximate surface area is 59.6 Å². The highest BCUT2D eigenvalue weighted by Gasteiger charge is 1.94. The van der Waals surface area contributed by atoms with Gasteiger partial charge in [-0.15, -0.1) is 0 Å². The quantitative estimate of drug-likeness (QED) is 0.595. The average molecular weight is 135 g/mol. The van der Waals surface area contributed by atoms with Gasteiger partial charge in [0.2, 0.25) is 0 Å². The van der Waals surface area contributed by atoms with Crippen LogP contribution in [0.25, 0.3) is 11.2 Å². The monoisotopic (exact) mass is 135 g/mol. The van der Waals surface area contributed by atoms with E-state index in [0.29, 0.717) is 0 Å². The fourth-order valence-corrected chi connectivity index (χ4v) is 0.934. The van der Waals surface area contributed by atoms with Crippen LogP contribution in [-0.2, 0) is 0 Å². The molecule has 0 fully saturated rings. The van der Waals surface area contributed by atoms with Crippen molar-refractivity contribution < 1.29 is 1.43 Å². The molecule has 0 atom stereocenters. The van der Waals surface area contributed by atoms with Crippen LogP contribution >= 0.6 is 0 Å². The van der Waals surface area contributed by atoms with E-state index in [-0.39, 0.29) is 1.43 Å². The molecule has 2 heterocycles. The first-order valence-corrected chi connectivity index (χ1v) is 3.12. The minimum Gasteiger partial charge on any atom is -0.343 e. The van der Waals surface area contributed by atoms with Crippen molar-refractivity contribution in [2.75, 3.05) is 0 Å². The number of rotatable bonds is 0. The van der Waals surface area contributed by atoms with Crippen molar-refractivity contribution >= 4 is 11.2 Å². The number of fused-ring (bicyclic) bond motifs is 1. The molecule has 0 aromatic carbocycles. The summed E-state index contributed by atoms with van der Waals surface area (Å²) in [7, 11) is 0. The Hall–Kier alpha value is -1.38. The SMILES string of the molecule is Cc1cnc2nc[nH]c2c1.[HH]. The Bertz CT molecular complexity index is 355. The van der Waals surface area contributed by atoms with Gasteiger partial charge in [-0.1, -0.05) is 0 Å². The van der Waals surface area contributed by atoms with Crippen LogP contribution in [0.1, 0.15) is 6.99 Å². The van der Waals surface area contributed by atoms with Gasteiger partial charge in [0.25, 0.3) is 0 Å². The zero-order chi connectivity index (χ0) is 6.97.